The molecule has 14 heavy (non-hydrogen) atoms. The second-order valence-electron chi connectivity index (χ2n) is 3.51. The first-order chi connectivity index (χ1) is 6.68. The van der Waals surface area contributed by atoms with Gasteiger partial charge in [0.25, 0.3) is 0 Å². The lowest BCUT2D eigenvalue weighted by Crippen LogP contribution is -2.05. The zero-order chi connectivity index (χ0) is 10.1. The highest BCUT2D eigenvalue weighted by molar-refractivity contribution is 9.10. The molecule has 0 amide bonds. The summed E-state index contributed by atoms with van der Waals surface area (Å²) in [6.07, 6.45) is 0. The lowest BCUT2D eigenvalue weighted by atomic mass is 10.0. The molecule has 0 aromatic heterocycles. The summed E-state index contributed by atoms with van der Waals surface area (Å²) in [7, 11) is 0. The van der Waals surface area contributed by atoms with Gasteiger partial charge in [0.2, 0.25) is 0 Å². The van der Waals surface area contributed by atoms with Crippen LogP contribution in [-0.4, -0.2) is 0 Å². The van der Waals surface area contributed by atoms with Gasteiger partial charge in [-0.25, -0.2) is 0 Å². The molecule has 0 radical (unpaired) electrons. The average molecular weight is 250 g/mol. The summed E-state index contributed by atoms with van der Waals surface area (Å²) in [4.78, 5) is 0. The maximum Gasteiger partial charge on any atom is 0.0277 e. The Morgan fingerprint density at radius 2 is 1.71 bits per heavy atom. The van der Waals surface area contributed by atoms with E-state index in [1.54, 1.807) is 0 Å². The van der Waals surface area contributed by atoms with Crippen molar-refractivity contribution >= 4 is 26.7 Å². The standard InChI is InChI=1S/C12H12BrN/c1-8(14)11-6-9-4-2-3-5-10(9)7-12(11)13/h2-8H,14H2,1H3. The molecular weight excluding hydrogens is 238 g/mol. The fourth-order valence-corrected chi connectivity index (χ4v) is 2.30. The fourth-order valence-electron chi connectivity index (χ4n) is 1.58. The summed E-state index contributed by atoms with van der Waals surface area (Å²) in [5, 5.41) is 2.48. The maximum absolute atomic E-state index is 5.88. The molecule has 0 fully saturated rings. The minimum atomic E-state index is 0.0639. The molecule has 0 aliphatic heterocycles. The van der Waals surface area contributed by atoms with Gasteiger partial charge in [0.05, 0.1) is 0 Å². The molecular formula is C12H12BrN. The highest BCUT2D eigenvalue weighted by Crippen LogP contribution is 2.27. The molecule has 1 unspecified atom stereocenters. The van der Waals surface area contributed by atoms with Crippen molar-refractivity contribution in [1.29, 1.82) is 0 Å². The van der Waals surface area contributed by atoms with E-state index in [0.29, 0.717) is 0 Å². The fraction of sp³-hybridized carbons (Fsp3) is 0.167. The third kappa shape index (κ3) is 1.68. The van der Waals surface area contributed by atoms with Crippen molar-refractivity contribution in [3.05, 3.63) is 46.4 Å². The summed E-state index contributed by atoms with van der Waals surface area (Å²) in [6.45, 7) is 1.99. The quantitative estimate of drug-likeness (QED) is 0.821. The number of hydrogen-bond acceptors (Lipinski definition) is 1. The third-order valence-corrected chi connectivity index (χ3v) is 3.04. The Morgan fingerprint density at radius 1 is 1.14 bits per heavy atom. The molecule has 0 heterocycles. The number of rotatable bonds is 1. The Hall–Kier alpha value is -0.860. The zero-order valence-corrected chi connectivity index (χ0v) is 9.58. The number of halogens is 1. The van der Waals surface area contributed by atoms with Crippen molar-refractivity contribution in [2.75, 3.05) is 0 Å². The molecule has 0 saturated carbocycles. The van der Waals surface area contributed by atoms with Crippen LogP contribution in [0.15, 0.2) is 40.9 Å². The zero-order valence-electron chi connectivity index (χ0n) is 8.00. The molecule has 1 atom stereocenters. The van der Waals surface area contributed by atoms with Crippen LogP contribution in [0.2, 0.25) is 0 Å². The molecule has 0 aliphatic rings. The minimum absolute atomic E-state index is 0.0639. The van der Waals surface area contributed by atoms with Crippen molar-refractivity contribution in [2.24, 2.45) is 5.73 Å². The van der Waals surface area contributed by atoms with Crippen LogP contribution in [0.4, 0.5) is 0 Å². The van der Waals surface area contributed by atoms with Gasteiger partial charge in [-0.15, -0.1) is 0 Å². The molecule has 2 aromatic carbocycles. The normalized spacial score (nSPS) is 13.1. The van der Waals surface area contributed by atoms with Crippen molar-refractivity contribution < 1.29 is 0 Å². The van der Waals surface area contributed by atoms with Gasteiger partial charge in [0, 0.05) is 10.5 Å². The van der Waals surface area contributed by atoms with Crippen molar-refractivity contribution in [3.8, 4) is 0 Å². The number of benzene rings is 2. The molecule has 72 valence electrons. The Morgan fingerprint density at radius 3 is 2.29 bits per heavy atom. The Labute approximate surface area is 92.1 Å². The molecule has 2 N–H and O–H groups in total. The van der Waals surface area contributed by atoms with Crippen LogP contribution in [-0.2, 0) is 0 Å². The first-order valence-electron chi connectivity index (χ1n) is 4.62. The van der Waals surface area contributed by atoms with Gasteiger partial charge in [-0.05, 0) is 35.4 Å². The van der Waals surface area contributed by atoms with E-state index >= 15 is 0 Å². The average Bonchev–Trinajstić information content (AvgIpc) is 2.16. The maximum atomic E-state index is 5.88. The Kier molecular flexibility index (Phi) is 2.57. The van der Waals surface area contributed by atoms with Crippen LogP contribution in [0.25, 0.3) is 10.8 Å². The topological polar surface area (TPSA) is 26.0 Å². The summed E-state index contributed by atoms with van der Waals surface area (Å²) >= 11 is 3.54. The van der Waals surface area contributed by atoms with Gasteiger partial charge in [0.1, 0.15) is 0 Å². The predicted molar refractivity (Wildman–Crippen MR) is 64.3 cm³/mol. The van der Waals surface area contributed by atoms with Gasteiger partial charge in [0.15, 0.2) is 0 Å². The van der Waals surface area contributed by atoms with Gasteiger partial charge in [-0.1, -0.05) is 40.2 Å². The minimum Gasteiger partial charge on any atom is -0.324 e. The van der Waals surface area contributed by atoms with Crippen molar-refractivity contribution in [2.45, 2.75) is 13.0 Å². The van der Waals surface area contributed by atoms with E-state index in [1.165, 1.54) is 10.8 Å². The third-order valence-electron chi connectivity index (χ3n) is 2.36. The first kappa shape index (κ1) is 9.69. The molecule has 2 heteroatoms. The molecule has 0 bridgehead atoms. The van der Waals surface area contributed by atoms with Gasteiger partial charge in [-0.2, -0.15) is 0 Å². The van der Waals surface area contributed by atoms with Crippen LogP contribution in [0.5, 0.6) is 0 Å². The summed E-state index contributed by atoms with van der Waals surface area (Å²) < 4.78 is 1.09. The summed E-state index contributed by atoms with van der Waals surface area (Å²) in [5.41, 5.74) is 7.03. The molecule has 2 aromatic rings. The van der Waals surface area contributed by atoms with Crippen LogP contribution < -0.4 is 5.73 Å². The largest absolute Gasteiger partial charge is 0.324 e. The SMILES string of the molecule is CC(N)c1cc2ccccc2cc1Br. The first-order valence-corrected chi connectivity index (χ1v) is 5.41. The van der Waals surface area contributed by atoms with Gasteiger partial charge >= 0.3 is 0 Å². The van der Waals surface area contributed by atoms with Gasteiger partial charge < -0.3 is 5.73 Å². The van der Waals surface area contributed by atoms with E-state index in [-0.39, 0.29) is 6.04 Å². The second kappa shape index (κ2) is 3.71. The highest BCUT2D eigenvalue weighted by atomic mass is 79.9. The number of hydrogen-bond donors (Lipinski definition) is 1. The second-order valence-corrected chi connectivity index (χ2v) is 4.36. The van der Waals surface area contributed by atoms with E-state index in [9.17, 15) is 0 Å². The summed E-state index contributed by atoms with van der Waals surface area (Å²) in [6, 6.07) is 12.6. The molecule has 0 aliphatic carbocycles. The Balaban J connectivity index is 2.71. The molecule has 0 spiro atoms. The van der Waals surface area contributed by atoms with Crippen molar-refractivity contribution in [1.82, 2.24) is 0 Å². The van der Waals surface area contributed by atoms with Crippen LogP contribution in [0, 0.1) is 0 Å². The van der Waals surface area contributed by atoms with E-state index in [2.05, 4.69) is 40.2 Å². The molecule has 1 nitrogen and oxygen atoms in total. The lowest BCUT2D eigenvalue weighted by Gasteiger charge is -2.09. The molecule has 0 saturated heterocycles. The Bertz CT molecular complexity index is 463. The predicted octanol–water partition coefficient (Wildman–Crippen LogP) is 3.62. The van der Waals surface area contributed by atoms with E-state index in [1.807, 2.05) is 19.1 Å². The van der Waals surface area contributed by atoms with E-state index in [0.717, 1.165) is 10.0 Å². The summed E-state index contributed by atoms with van der Waals surface area (Å²) in [5.74, 6) is 0. The van der Waals surface area contributed by atoms with Crippen LogP contribution in [0.3, 0.4) is 0 Å². The lowest BCUT2D eigenvalue weighted by molar-refractivity contribution is 0.815. The van der Waals surface area contributed by atoms with E-state index < -0.39 is 0 Å². The van der Waals surface area contributed by atoms with Gasteiger partial charge in [-0.3, -0.25) is 0 Å². The number of fused-ring (bicyclic) bond motifs is 1. The highest BCUT2D eigenvalue weighted by Gasteiger charge is 2.05. The molecule has 2 rings (SSSR count). The van der Waals surface area contributed by atoms with Crippen LogP contribution in [0.1, 0.15) is 18.5 Å². The monoisotopic (exact) mass is 249 g/mol. The number of nitrogens with two attached hydrogens (primary N) is 1. The van der Waals surface area contributed by atoms with Crippen molar-refractivity contribution in [3.63, 3.8) is 0 Å². The van der Waals surface area contributed by atoms with Crippen LogP contribution >= 0.6 is 15.9 Å². The smallest absolute Gasteiger partial charge is 0.0277 e. The van der Waals surface area contributed by atoms with E-state index in [4.69, 9.17) is 5.73 Å².